The predicted octanol–water partition coefficient (Wildman–Crippen LogP) is 22.0. The Kier molecular flexibility index (Phi) is 12.5. The van der Waals surface area contributed by atoms with E-state index < -0.39 is 18.2 Å². The Bertz CT molecular complexity index is 5490. The Morgan fingerprint density at radius 2 is 0.947 bits per heavy atom. The molecule has 16 rings (SSSR count). The third-order valence-electron chi connectivity index (χ3n) is 20.4. The third kappa shape index (κ3) is 9.68. The Labute approximate surface area is 572 Å². The second-order valence-electron chi connectivity index (χ2n) is 30.5. The van der Waals surface area contributed by atoms with Crippen molar-refractivity contribution >= 4 is 73.7 Å². The zero-order valence-electron chi connectivity index (χ0n) is 61.2. The molecule has 0 aliphatic carbocycles. The normalized spacial score (nSPS) is 14.6. The molecule has 0 saturated carbocycles. The molecule has 0 fully saturated rings. The highest BCUT2D eigenvalue weighted by Gasteiger charge is 2.55. The molecule has 12 aromatic carbocycles. The van der Waals surface area contributed by atoms with Gasteiger partial charge in [-0.2, -0.15) is 5.26 Å². The summed E-state index contributed by atoms with van der Waals surface area (Å²) in [6.07, 6.45) is 0. The summed E-state index contributed by atoms with van der Waals surface area (Å²) in [7, 11) is 0. The highest BCUT2D eigenvalue weighted by Crippen LogP contribution is 2.59. The number of fused-ring (bicyclic) bond motifs is 13. The predicted molar refractivity (Wildman–Crippen MR) is 404 cm³/mol. The first kappa shape index (κ1) is 54.5. The quantitative estimate of drug-likeness (QED) is 0.156. The van der Waals surface area contributed by atoms with E-state index in [0.717, 1.165) is 126 Å². The molecule has 5 heteroatoms. The third-order valence-corrected chi connectivity index (χ3v) is 21.6. The average molecular weight is 1250 g/mol. The van der Waals surface area contributed by atoms with Crippen LogP contribution in [0.5, 0.6) is 0 Å². The number of nitriles is 1. The standard InChI is InChI=1S/C90H78BN3S/c1-86(2,3)63-39-43-79-71(50-63)70-44-56(55-92)36-42-78(70)93(79)67-53-75-84-81(54-67)94(85-68(58-28-18-14-19-29-58)51-66(89(10,11)12)52-69(85)59-30-20-15-21-31-59)80-48-61(62-45-64(87(4,5)6)49-65(46-62)88(7,8)9)38-41-76(80)91(84)77-47-60(57-26-16-13-17-27-57)37-40-72(77)90(75)73-32-22-24-34-82(73)95-83-35-25-23-33-74(83)90/h13-54H,1-12H3/i13D,16D,17D,26D,27D. The lowest BCUT2D eigenvalue weighted by atomic mass is 9.29. The van der Waals surface area contributed by atoms with Gasteiger partial charge in [0.15, 0.2) is 0 Å². The Balaban J connectivity index is 1.16. The van der Waals surface area contributed by atoms with Crippen LogP contribution in [0.25, 0.3) is 72.0 Å². The van der Waals surface area contributed by atoms with E-state index in [1.807, 2.05) is 12.1 Å². The number of hydrogen-bond acceptors (Lipinski definition) is 3. The van der Waals surface area contributed by atoms with E-state index in [4.69, 9.17) is 4.11 Å². The maximum atomic E-state index is 10.7. The summed E-state index contributed by atoms with van der Waals surface area (Å²) < 4.78 is 48.7. The highest BCUT2D eigenvalue weighted by atomic mass is 32.2. The monoisotopic (exact) mass is 1250 g/mol. The maximum absolute atomic E-state index is 10.7. The molecule has 95 heavy (non-hydrogen) atoms. The van der Waals surface area contributed by atoms with Crippen molar-refractivity contribution < 1.29 is 6.85 Å². The molecule has 0 bridgehead atoms. The lowest BCUT2D eigenvalue weighted by molar-refractivity contribution is 0.569. The van der Waals surface area contributed by atoms with Crippen molar-refractivity contribution in [1.29, 1.82) is 5.26 Å². The first-order valence-corrected chi connectivity index (χ1v) is 34.1. The SMILES string of the molecule is [2H]c1c([2H])c([2H])c(-c2ccc3c(c2)B2c4ccc(-c5cc(C(C)(C)C)cc(C(C)(C)C)c5)cc4N(c4c(-c5ccccc5)cc(C(C)(C)C)cc4-c4ccccc4)c4cc(-n5c6ccc(C#N)cc6c6cc(C(C)(C)C)ccc65)cc(c42)C32c3ccccc3Sc3ccccc32)c([2H])c1[2H]. The molecule has 0 N–H and O–H groups in total. The minimum absolute atomic E-state index is 0.157. The van der Waals surface area contributed by atoms with Crippen LogP contribution in [0.1, 0.15) is 140 Å². The maximum Gasteiger partial charge on any atom is 0.247 e. The van der Waals surface area contributed by atoms with Crippen molar-refractivity contribution in [3.05, 3.63) is 305 Å². The van der Waals surface area contributed by atoms with E-state index >= 15 is 0 Å². The van der Waals surface area contributed by atoms with Gasteiger partial charge in [-0.05, 0) is 183 Å². The average Bonchev–Trinajstić information content (AvgIpc) is 0.686. The van der Waals surface area contributed by atoms with Crippen molar-refractivity contribution in [3.8, 4) is 56.3 Å². The van der Waals surface area contributed by atoms with Crippen molar-refractivity contribution in [1.82, 2.24) is 4.57 Å². The second kappa shape index (κ2) is 21.9. The van der Waals surface area contributed by atoms with Crippen LogP contribution in [0.2, 0.25) is 0 Å². The molecule has 3 aliphatic rings. The zero-order valence-corrected chi connectivity index (χ0v) is 57.0. The highest BCUT2D eigenvalue weighted by molar-refractivity contribution is 7.99. The van der Waals surface area contributed by atoms with Crippen LogP contribution in [0.3, 0.4) is 0 Å². The number of rotatable bonds is 6. The summed E-state index contributed by atoms with van der Waals surface area (Å²) in [5, 5.41) is 12.8. The summed E-state index contributed by atoms with van der Waals surface area (Å²) in [5.74, 6) is 0. The van der Waals surface area contributed by atoms with Gasteiger partial charge in [-0.1, -0.05) is 282 Å². The molecule has 0 saturated heterocycles. The molecule has 462 valence electrons. The second-order valence-corrected chi connectivity index (χ2v) is 31.6. The number of anilines is 3. The van der Waals surface area contributed by atoms with Gasteiger partial charge in [0.2, 0.25) is 6.71 Å². The van der Waals surface area contributed by atoms with E-state index in [1.165, 1.54) is 22.3 Å². The van der Waals surface area contributed by atoms with Gasteiger partial charge in [-0.3, -0.25) is 0 Å². The van der Waals surface area contributed by atoms with Crippen LogP contribution in [-0.4, -0.2) is 11.3 Å². The Hall–Kier alpha value is -9.86. The van der Waals surface area contributed by atoms with Gasteiger partial charge in [0, 0.05) is 48.8 Å². The van der Waals surface area contributed by atoms with Crippen LogP contribution >= 0.6 is 11.8 Å². The molecule has 1 aromatic heterocycles. The molecule has 3 aliphatic heterocycles. The molecule has 3 nitrogen and oxygen atoms in total. The van der Waals surface area contributed by atoms with Gasteiger partial charge in [-0.25, -0.2) is 0 Å². The van der Waals surface area contributed by atoms with Crippen molar-refractivity contribution in [3.63, 3.8) is 0 Å². The van der Waals surface area contributed by atoms with Crippen molar-refractivity contribution in [2.24, 2.45) is 0 Å². The number of nitrogens with zero attached hydrogens (tertiary/aromatic N) is 3. The van der Waals surface area contributed by atoms with Crippen molar-refractivity contribution in [2.45, 2.75) is 120 Å². The Morgan fingerprint density at radius 3 is 1.54 bits per heavy atom. The molecule has 0 unspecified atom stereocenters. The van der Waals surface area contributed by atoms with E-state index in [-0.39, 0.29) is 51.4 Å². The van der Waals surface area contributed by atoms with Gasteiger partial charge >= 0.3 is 0 Å². The van der Waals surface area contributed by atoms with Crippen LogP contribution in [0, 0.1) is 11.3 Å². The molecule has 0 radical (unpaired) electrons. The minimum Gasteiger partial charge on any atom is -0.310 e. The largest absolute Gasteiger partial charge is 0.310 e. The smallest absolute Gasteiger partial charge is 0.247 e. The molecular weight excluding hydrogens is 1170 g/mol. The first-order valence-electron chi connectivity index (χ1n) is 35.8. The van der Waals surface area contributed by atoms with E-state index in [0.29, 0.717) is 11.1 Å². The fraction of sp³-hybridized carbons (Fsp3) is 0.189. The van der Waals surface area contributed by atoms with Crippen LogP contribution in [0.4, 0.5) is 17.1 Å². The van der Waals surface area contributed by atoms with Gasteiger partial charge in [0.1, 0.15) is 0 Å². The first-order chi connectivity index (χ1) is 47.6. The molecule has 0 amide bonds. The van der Waals surface area contributed by atoms with Gasteiger partial charge in [0.25, 0.3) is 0 Å². The van der Waals surface area contributed by atoms with Gasteiger partial charge in [-0.15, -0.1) is 0 Å². The van der Waals surface area contributed by atoms with E-state index in [2.05, 4.69) is 311 Å². The lowest BCUT2D eigenvalue weighted by Crippen LogP contribution is -2.65. The van der Waals surface area contributed by atoms with E-state index in [9.17, 15) is 8.00 Å². The molecule has 1 spiro atoms. The summed E-state index contributed by atoms with van der Waals surface area (Å²) >= 11 is 1.79. The van der Waals surface area contributed by atoms with Crippen LogP contribution in [0.15, 0.2) is 264 Å². The van der Waals surface area contributed by atoms with Crippen LogP contribution in [-0.2, 0) is 27.1 Å². The van der Waals surface area contributed by atoms with Gasteiger partial charge < -0.3 is 9.47 Å². The number of hydrogen-bond donors (Lipinski definition) is 0. The summed E-state index contributed by atoms with van der Waals surface area (Å²) in [5.41, 5.74) is 24.2. The molecule has 0 atom stereocenters. The summed E-state index contributed by atoms with van der Waals surface area (Å²) in [6, 6.07) is 84.0. The summed E-state index contributed by atoms with van der Waals surface area (Å²) in [4.78, 5) is 4.87. The van der Waals surface area contributed by atoms with Crippen LogP contribution < -0.4 is 21.3 Å². The van der Waals surface area contributed by atoms with Gasteiger partial charge in [0.05, 0.1) is 40.6 Å². The molecule has 13 aromatic rings. The Morgan fingerprint density at radius 1 is 0.411 bits per heavy atom. The number of aromatic nitrogens is 1. The van der Waals surface area contributed by atoms with Crippen molar-refractivity contribution in [2.75, 3.05) is 4.90 Å². The topological polar surface area (TPSA) is 32.0 Å². The van der Waals surface area contributed by atoms with E-state index in [1.54, 1.807) is 11.8 Å². The zero-order chi connectivity index (χ0) is 70.0. The fourth-order valence-corrected chi connectivity index (χ4v) is 16.6. The minimum atomic E-state index is -1.03. The lowest BCUT2D eigenvalue weighted by Gasteiger charge is -2.51. The number of benzene rings is 12. The molecule has 4 heterocycles. The summed E-state index contributed by atoms with van der Waals surface area (Å²) in [6.45, 7) is 27.0. The molecular formula is C90H78BN3S. The fourth-order valence-electron chi connectivity index (χ4n) is 15.5.